The molecule has 2 aromatic carbocycles. The minimum Gasteiger partial charge on any atom is -0.395 e. The van der Waals surface area contributed by atoms with E-state index in [1.54, 1.807) is 18.0 Å². The molecule has 3 heterocycles. The van der Waals surface area contributed by atoms with Crippen molar-refractivity contribution in [3.05, 3.63) is 82.8 Å². The Bertz CT molecular complexity index is 1390. The van der Waals surface area contributed by atoms with E-state index in [-0.39, 0.29) is 12.2 Å². The highest BCUT2D eigenvalue weighted by Crippen LogP contribution is 2.24. The average Bonchev–Trinajstić information content (AvgIpc) is 3.38. The third-order valence-corrected chi connectivity index (χ3v) is 6.12. The van der Waals surface area contributed by atoms with Crippen LogP contribution in [0.5, 0.6) is 0 Å². The summed E-state index contributed by atoms with van der Waals surface area (Å²) < 4.78 is 3.33. The van der Waals surface area contributed by atoms with Crippen LogP contribution in [0, 0.1) is 0 Å². The van der Waals surface area contributed by atoms with E-state index < -0.39 is 0 Å². The topological polar surface area (TPSA) is 88.2 Å². The van der Waals surface area contributed by atoms with Gasteiger partial charge in [-0.25, -0.2) is 9.38 Å². The molecule has 3 aromatic heterocycles. The van der Waals surface area contributed by atoms with E-state index in [4.69, 9.17) is 0 Å². The summed E-state index contributed by atoms with van der Waals surface area (Å²) in [7, 11) is 0. The van der Waals surface area contributed by atoms with Crippen LogP contribution in [-0.2, 0) is 13.0 Å². The Morgan fingerprint density at radius 3 is 2.48 bits per heavy atom. The molecule has 0 spiro atoms. The normalized spacial score (nSPS) is 11.5. The first-order valence-electron chi connectivity index (χ1n) is 10.1. The Morgan fingerprint density at radius 2 is 1.74 bits per heavy atom. The lowest BCUT2D eigenvalue weighted by atomic mass is 10.2. The molecular formula is C23H21N5O2S. The van der Waals surface area contributed by atoms with Crippen LogP contribution < -0.4 is 5.56 Å². The van der Waals surface area contributed by atoms with E-state index in [0.717, 1.165) is 23.4 Å². The Labute approximate surface area is 182 Å². The summed E-state index contributed by atoms with van der Waals surface area (Å²) in [6.07, 6.45) is 2.65. The Kier molecular flexibility index (Phi) is 5.31. The van der Waals surface area contributed by atoms with Crippen LogP contribution in [0.3, 0.4) is 0 Å². The maximum Gasteiger partial charge on any atom is 0.287 e. The van der Waals surface area contributed by atoms with Gasteiger partial charge < -0.3 is 14.7 Å². The molecule has 0 aliphatic rings. The zero-order valence-electron chi connectivity index (χ0n) is 16.7. The summed E-state index contributed by atoms with van der Waals surface area (Å²) in [6, 6.07) is 20.0. The van der Waals surface area contributed by atoms with E-state index in [2.05, 4.69) is 27.1 Å². The second-order valence-corrected chi connectivity index (χ2v) is 8.23. The van der Waals surface area contributed by atoms with Crippen LogP contribution in [-0.4, -0.2) is 41.4 Å². The number of aryl methyl sites for hydroxylation is 1. The molecule has 0 aliphatic carbocycles. The lowest BCUT2D eigenvalue weighted by Crippen LogP contribution is -2.14. The summed E-state index contributed by atoms with van der Waals surface area (Å²) in [6.45, 7) is 0.276. The van der Waals surface area contributed by atoms with E-state index in [9.17, 15) is 9.90 Å². The van der Waals surface area contributed by atoms with Crippen LogP contribution in [0.1, 0.15) is 5.56 Å². The largest absolute Gasteiger partial charge is 0.395 e. The van der Waals surface area contributed by atoms with E-state index in [0.29, 0.717) is 28.6 Å². The number of H-pyrrole nitrogens is 1. The lowest BCUT2D eigenvalue weighted by Gasteiger charge is -2.06. The number of imidazole rings is 2. The molecule has 0 bridgehead atoms. The smallest absolute Gasteiger partial charge is 0.287 e. The Hall–Kier alpha value is -3.36. The molecule has 0 amide bonds. The van der Waals surface area contributed by atoms with Gasteiger partial charge >= 0.3 is 0 Å². The number of nitrogens with one attached hydrogen (secondary N) is 1. The zero-order chi connectivity index (χ0) is 21.2. The molecule has 2 N–H and O–H groups in total. The van der Waals surface area contributed by atoms with Crippen LogP contribution in [0.25, 0.3) is 28.2 Å². The number of hydrogen-bond donors (Lipinski definition) is 2. The number of aliphatic hydroxyl groups is 1. The number of benzene rings is 2. The minimum atomic E-state index is -0.222. The second kappa shape index (κ2) is 8.41. The van der Waals surface area contributed by atoms with Crippen molar-refractivity contribution in [1.29, 1.82) is 0 Å². The van der Waals surface area contributed by atoms with Gasteiger partial charge in [-0.05, 0) is 17.5 Å². The number of aliphatic hydroxyl groups excluding tert-OH is 1. The molecule has 0 radical (unpaired) electrons. The van der Waals surface area contributed by atoms with Gasteiger partial charge in [-0.1, -0.05) is 72.4 Å². The molecule has 0 saturated carbocycles. The quantitative estimate of drug-likeness (QED) is 0.386. The van der Waals surface area contributed by atoms with Gasteiger partial charge in [0.25, 0.3) is 5.56 Å². The van der Waals surface area contributed by atoms with Crippen LogP contribution in [0.4, 0.5) is 0 Å². The van der Waals surface area contributed by atoms with Gasteiger partial charge in [0.1, 0.15) is 0 Å². The van der Waals surface area contributed by atoms with Gasteiger partial charge in [-0.15, -0.1) is 0 Å². The summed E-state index contributed by atoms with van der Waals surface area (Å²) in [5, 5.41) is 10.3. The molecular weight excluding hydrogens is 410 g/mol. The molecule has 156 valence electrons. The van der Waals surface area contributed by atoms with Crippen molar-refractivity contribution in [2.45, 2.75) is 18.1 Å². The minimum absolute atomic E-state index is 0.0568. The number of nitrogens with zero attached hydrogens (tertiary/aromatic N) is 4. The maximum atomic E-state index is 13.2. The summed E-state index contributed by atoms with van der Waals surface area (Å²) in [5.74, 6) is 1.27. The Morgan fingerprint density at radius 1 is 1.00 bits per heavy atom. The van der Waals surface area contributed by atoms with Gasteiger partial charge in [-0.2, -0.15) is 4.98 Å². The van der Waals surface area contributed by atoms with Gasteiger partial charge in [0.05, 0.1) is 12.3 Å². The standard InChI is InChI=1S/C23H21N5O2S/c29-13-12-27-20-19(25-23(27)31-14-11-16-7-3-1-4-8-16)21(30)28-15-18(24-22(28)26-20)17-9-5-2-6-10-17/h1-10,15,29H,11-14H2,(H,24,26). The van der Waals surface area contributed by atoms with E-state index in [1.165, 1.54) is 9.96 Å². The van der Waals surface area contributed by atoms with Gasteiger partial charge in [0, 0.05) is 18.5 Å². The number of aromatic nitrogens is 5. The molecule has 5 rings (SSSR count). The monoisotopic (exact) mass is 431 g/mol. The highest BCUT2D eigenvalue weighted by Gasteiger charge is 2.18. The number of rotatable bonds is 7. The van der Waals surface area contributed by atoms with Gasteiger partial charge in [0.2, 0.25) is 5.78 Å². The number of thioether (sulfide) groups is 1. The third-order valence-electron chi connectivity index (χ3n) is 5.14. The van der Waals surface area contributed by atoms with Crippen LogP contribution in [0.15, 0.2) is 76.8 Å². The first-order chi connectivity index (χ1) is 15.2. The summed E-state index contributed by atoms with van der Waals surface area (Å²) in [4.78, 5) is 25.7. The van der Waals surface area contributed by atoms with Crippen LogP contribution in [0.2, 0.25) is 0 Å². The summed E-state index contributed by atoms with van der Waals surface area (Å²) >= 11 is 1.57. The van der Waals surface area contributed by atoms with Crippen molar-refractivity contribution in [1.82, 2.24) is 23.9 Å². The average molecular weight is 432 g/mol. The molecule has 7 nitrogen and oxygen atoms in total. The number of fused-ring (bicyclic) bond motifs is 2. The van der Waals surface area contributed by atoms with Gasteiger partial charge in [0.15, 0.2) is 16.3 Å². The van der Waals surface area contributed by atoms with E-state index >= 15 is 0 Å². The SMILES string of the molecule is O=c1c2nc(SCCc3ccccc3)n(CCO)c2nc2[nH]c(-c3ccccc3)cn12. The van der Waals surface area contributed by atoms with E-state index in [1.807, 2.05) is 53.1 Å². The van der Waals surface area contributed by atoms with Crippen molar-refractivity contribution >= 4 is 28.7 Å². The highest BCUT2D eigenvalue weighted by molar-refractivity contribution is 7.99. The van der Waals surface area contributed by atoms with Crippen molar-refractivity contribution in [2.24, 2.45) is 0 Å². The Balaban J connectivity index is 1.53. The first-order valence-corrected chi connectivity index (χ1v) is 11.1. The molecule has 0 unspecified atom stereocenters. The molecule has 0 aliphatic heterocycles. The molecule has 0 atom stereocenters. The fourth-order valence-corrected chi connectivity index (χ4v) is 4.63. The predicted octanol–water partition coefficient (Wildman–Crippen LogP) is 3.37. The maximum absolute atomic E-state index is 13.2. The third kappa shape index (κ3) is 3.75. The fourth-order valence-electron chi connectivity index (χ4n) is 3.62. The molecule has 8 heteroatoms. The lowest BCUT2D eigenvalue weighted by molar-refractivity contribution is 0.273. The van der Waals surface area contributed by atoms with Crippen molar-refractivity contribution in [2.75, 3.05) is 12.4 Å². The molecule has 0 fully saturated rings. The van der Waals surface area contributed by atoms with Crippen molar-refractivity contribution in [3.8, 4) is 11.3 Å². The second-order valence-electron chi connectivity index (χ2n) is 7.17. The molecule has 5 aromatic rings. The molecule has 0 saturated heterocycles. The van der Waals surface area contributed by atoms with Crippen molar-refractivity contribution < 1.29 is 5.11 Å². The number of hydrogen-bond acceptors (Lipinski definition) is 5. The fraction of sp³-hybridized carbons (Fsp3) is 0.174. The van der Waals surface area contributed by atoms with Crippen LogP contribution >= 0.6 is 11.8 Å². The number of aromatic amines is 1. The van der Waals surface area contributed by atoms with Gasteiger partial charge in [-0.3, -0.25) is 4.79 Å². The highest BCUT2D eigenvalue weighted by atomic mass is 32.2. The molecule has 31 heavy (non-hydrogen) atoms. The summed E-state index contributed by atoms with van der Waals surface area (Å²) in [5.41, 5.74) is 3.61. The zero-order valence-corrected chi connectivity index (χ0v) is 17.5. The predicted molar refractivity (Wildman–Crippen MR) is 122 cm³/mol. The van der Waals surface area contributed by atoms with Crippen molar-refractivity contribution in [3.63, 3.8) is 0 Å². The first kappa shape index (κ1) is 19.6.